The van der Waals surface area contributed by atoms with E-state index in [9.17, 15) is 13.2 Å². The summed E-state index contributed by atoms with van der Waals surface area (Å²) in [7, 11) is -3.61. The van der Waals surface area contributed by atoms with Gasteiger partial charge in [-0.15, -0.1) is 0 Å². The molecule has 174 valence electrons. The average Bonchev–Trinajstić information content (AvgIpc) is 3.34. The Morgan fingerprint density at radius 3 is 2.48 bits per heavy atom. The van der Waals surface area contributed by atoms with Gasteiger partial charge in [0, 0.05) is 31.0 Å². The summed E-state index contributed by atoms with van der Waals surface area (Å²) in [6.07, 6.45) is 3.79. The van der Waals surface area contributed by atoms with Gasteiger partial charge in [0.1, 0.15) is 5.69 Å². The van der Waals surface area contributed by atoms with E-state index < -0.39 is 10.0 Å². The van der Waals surface area contributed by atoms with Crippen molar-refractivity contribution in [1.82, 2.24) is 19.2 Å². The third-order valence-electron chi connectivity index (χ3n) is 5.37. The highest BCUT2D eigenvalue weighted by Crippen LogP contribution is 2.16. The summed E-state index contributed by atoms with van der Waals surface area (Å²) in [4.78, 5) is 19.2. The molecule has 1 fully saturated rings. The second kappa shape index (κ2) is 10.7. The summed E-state index contributed by atoms with van der Waals surface area (Å²) in [6.45, 7) is 4.41. The fourth-order valence-corrected chi connectivity index (χ4v) is 4.66. The Morgan fingerprint density at radius 1 is 1.03 bits per heavy atom. The first kappa shape index (κ1) is 23.1. The van der Waals surface area contributed by atoms with Gasteiger partial charge in [-0.25, -0.2) is 18.1 Å². The Morgan fingerprint density at radius 2 is 1.76 bits per heavy atom. The molecule has 1 amide bonds. The monoisotopic (exact) mass is 469 g/mol. The van der Waals surface area contributed by atoms with Crippen molar-refractivity contribution in [2.45, 2.75) is 11.3 Å². The summed E-state index contributed by atoms with van der Waals surface area (Å²) in [6, 6.07) is 15.5. The molecule has 1 aromatic heterocycles. The topological polar surface area (TPSA) is 106 Å². The molecule has 0 bridgehead atoms. The molecule has 0 spiro atoms. The van der Waals surface area contributed by atoms with E-state index in [2.05, 4.69) is 19.9 Å². The van der Waals surface area contributed by atoms with Crippen molar-refractivity contribution in [1.29, 1.82) is 0 Å². The predicted octanol–water partition coefficient (Wildman–Crippen LogP) is 2.13. The van der Waals surface area contributed by atoms with Gasteiger partial charge in [-0.1, -0.05) is 18.2 Å². The number of carbonyl (C=O) groups excluding carboxylic acids is 1. The molecule has 1 aliphatic rings. The number of sulfonamides is 1. The molecular weight excluding hydrogens is 442 g/mol. The molecule has 0 saturated carbocycles. The lowest BCUT2D eigenvalue weighted by atomic mass is 10.3. The quantitative estimate of drug-likeness (QED) is 0.465. The van der Waals surface area contributed by atoms with Gasteiger partial charge in [-0.05, 0) is 49.4 Å². The molecule has 2 aromatic carbocycles. The lowest BCUT2D eigenvalue weighted by Crippen LogP contribution is -2.38. The molecule has 10 heteroatoms. The van der Waals surface area contributed by atoms with E-state index in [1.165, 1.54) is 18.3 Å². The van der Waals surface area contributed by atoms with Crippen molar-refractivity contribution in [3.63, 3.8) is 0 Å². The first-order valence-corrected chi connectivity index (χ1v) is 12.3. The fourth-order valence-electron chi connectivity index (χ4n) is 3.59. The van der Waals surface area contributed by atoms with Gasteiger partial charge < -0.3 is 10.1 Å². The van der Waals surface area contributed by atoms with Gasteiger partial charge >= 0.3 is 0 Å². The number of rotatable bonds is 9. The molecule has 2 heterocycles. The van der Waals surface area contributed by atoms with Gasteiger partial charge in [0.2, 0.25) is 10.0 Å². The zero-order chi connectivity index (χ0) is 23.1. The first-order chi connectivity index (χ1) is 16.0. The highest BCUT2D eigenvalue weighted by Gasteiger charge is 2.16. The van der Waals surface area contributed by atoms with E-state index in [0.29, 0.717) is 17.9 Å². The number of hydrogen-bond acceptors (Lipinski definition) is 6. The summed E-state index contributed by atoms with van der Waals surface area (Å²) in [5.74, 6) is -0.340. The van der Waals surface area contributed by atoms with Crippen molar-refractivity contribution >= 4 is 21.6 Å². The number of nitrogens with one attached hydrogen (secondary N) is 2. The average molecular weight is 470 g/mol. The number of amides is 1. The summed E-state index contributed by atoms with van der Waals surface area (Å²) < 4.78 is 34.8. The molecular formula is C23H27N5O4S. The number of morpholine rings is 1. The third-order valence-corrected chi connectivity index (χ3v) is 6.85. The van der Waals surface area contributed by atoms with Crippen molar-refractivity contribution in [2.75, 3.05) is 44.7 Å². The molecule has 9 nitrogen and oxygen atoms in total. The Balaban J connectivity index is 1.32. The van der Waals surface area contributed by atoms with Crippen LogP contribution < -0.4 is 10.0 Å². The van der Waals surface area contributed by atoms with Crippen LogP contribution in [-0.2, 0) is 14.8 Å². The maximum atomic E-state index is 12.7. The van der Waals surface area contributed by atoms with Crippen LogP contribution >= 0.6 is 0 Å². The van der Waals surface area contributed by atoms with Crippen LogP contribution in [-0.4, -0.2) is 68.2 Å². The normalized spacial score (nSPS) is 14.8. The summed E-state index contributed by atoms with van der Waals surface area (Å²) in [5, 5.41) is 2.79. The Hall–Kier alpha value is -3.05. The number of aromatic nitrogens is 2. The van der Waals surface area contributed by atoms with E-state index in [0.717, 1.165) is 45.0 Å². The van der Waals surface area contributed by atoms with Crippen LogP contribution in [0.4, 0.5) is 5.69 Å². The van der Waals surface area contributed by atoms with Crippen LogP contribution in [0.5, 0.6) is 0 Å². The molecule has 1 saturated heterocycles. The minimum Gasteiger partial charge on any atom is -0.379 e. The number of nitrogens with zero attached hydrogens (tertiary/aromatic N) is 3. The maximum Gasteiger partial charge on any atom is 0.274 e. The smallest absolute Gasteiger partial charge is 0.274 e. The van der Waals surface area contributed by atoms with E-state index in [4.69, 9.17) is 4.74 Å². The van der Waals surface area contributed by atoms with Gasteiger partial charge in [-0.3, -0.25) is 14.3 Å². The van der Waals surface area contributed by atoms with Crippen molar-refractivity contribution in [3.05, 3.63) is 72.8 Å². The number of hydrogen-bond donors (Lipinski definition) is 2. The first-order valence-electron chi connectivity index (χ1n) is 10.8. The second-order valence-electron chi connectivity index (χ2n) is 7.67. The number of carbonyl (C=O) groups is 1. The highest BCUT2D eigenvalue weighted by molar-refractivity contribution is 7.89. The van der Waals surface area contributed by atoms with Crippen molar-refractivity contribution < 1.29 is 17.9 Å². The zero-order valence-corrected chi connectivity index (χ0v) is 19.0. The minimum absolute atomic E-state index is 0.154. The lowest BCUT2D eigenvalue weighted by molar-refractivity contribution is 0.0376. The Bertz CT molecular complexity index is 1160. The van der Waals surface area contributed by atoms with Crippen LogP contribution in [0, 0.1) is 0 Å². The van der Waals surface area contributed by atoms with Gasteiger partial charge in [0.15, 0.2) is 0 Å². The van der Waals surface area contributed by atoms with Crippen molar-refractivity contribution in [3.8, 4) is 5.69 Å². The molecule has 0 unspecified atom stereocenters. The molecule has 33 heavy (non-hydrogen) atoms. The molecule has 0 atom stereocenters. The third kappa shape index (κ3) is 6.05. The Labute approximate surface area is 193 Å². The van der Waals surface area contributed by atoms with Gasteiger partial charge in [-0.2, -0.15) is 0 Å². The van der Waals surface area contributed by atoms with Gasteiger partial charge in [0.05, 0.1) is 30.6 Å². The largest absolute Gasteiger partial charge is 0.379 e. The number of para-hydroxylation sites is 1. The fraction of sp³-hybridized carbons (Fsp3) is 0.304. The number of anilines is 1. The number of benzene rings is 2. The maximum absolute atomic E-state index is 12.7. The highest BCUT2D eigenvalue weighted by atomic mass is 32.2. The van der Waals surface area contributed by atoms with Crippen LogP contribution in [0.2, 0.25) is 0 Å². The van der Waals surface area contributed by atoms with E-state index >= 15 is 0 Å². The van der Waals surface area contributed by atoms with E-state index in [1.54, 1.807) is 23.0 Å². The van der Waals surface area contributed by atoms with Crippen LogP contribution in [0.15, 0.2) is 72.0 Å². The molecule has 4 rings (SSSR count). The molecule has 0 radical (unpaired) electrons. The second-order valence-corrected chi connectivity index (χ2v) is 9.44. The minimum atomic E-state index is -3.61. The number of ether oxygens (including phenoxy) is 1. The van der Waals surface area contributed by atoms with Crippen LogP contribution in [0.25, 0.3) is 5.69 Å². The van der Waals surface area contributed by atoms with Crippen molar-refractivity contribution in [2.24, 2.45) is 0 Å². The SMILES string of the molecule is O=C(Nc1ccc(S(=O)(=O)NCCCN2CCOCC2)cc1)c1cncn1-c1ccccc1. The van der Waals surface area contributed by atoms with Crippen LogP contribution in [0.3, 0.4) is 0 Å². The Kier molecular flexibility index (Phi) is 7.50. The number of imidazole rings is 1. The molecule has 2 N–H and O–H groups in total. The predicted molar refractivity (Wildman–Crippen MR) is 125 cm³/mol. The lowest BCUT2D eigenvalue weighted by Gasteiger charge is -2.26. The summed E-state index contributed by atoms with van der Waals surface area (Å²) in [5.41, 5.74) is 1.69. The van der Waals surface area contributed by atoms with Crippen LogP contribution in [0.1, 0.15) is 16.9 Å². The van der Waals surface area contributed by atoms with E-state index in [1.807, 2.05) is 30.3 Å². The summed E-state index contributed by atoms with van der Waals surface area (Å²) >= 11 is 0. The zero-order valence-electron chi connectivity index (χ0n) is 18.2. The molecule has 1 aliphatic heterocycles. The standard InChI is InChI=1S/C23H27N5O4S/c29-23(22-17-24-18-28(22)20-5-2-1-3-6-20)26-19-7-9-21(10-8-19)33(30,31)25-11-4-12-27-13-15-32-16-14-27/h1-3,5-10,17-18,25H,4,11-16H2,(H,26,29). The molecule has 0 aliphatic carbocycles. The molecule has 3 aromatic rings. The van der Waals surface area contributed by atoms with E-state index in [-0.39, 0.29) is 10.8 Å². The van der Waals surface area contributed by atoms with Gasteiger partial charge in [0.25, 0.3) is 5.91 Å².